The van der Waals surface area contributed by atoms with Crippen molar-refractivity contribution in [2.75, 3.05) is 20.2 Å². The quantitative estimate of drug-likeness (QED) is 0.506. The van der Waals surface area contributed by atoms with Crippen LogP contribution in [0, 0.1) is 5.92 Å². The van der Waals surface area contributed by atoms with Crippen molar-refractivity contribution >= 4 is 16.9 Å². The fraction of sp³-hybridized carbons (Fsp3) is 0.421. The van der Waals surface area contributed by atoms with Crippen LogP contribution in [0.2, 0.25) is 0 Å². The summed E-state index contributed by atoms with van der Waals surface area (Å²) in [6, 6.07) is 8.69. The smallest absolute Gasteiger partial charge is 0.337 e. The van der Waals surface area contributed by atoms with E-state index >= 15 is 0 Å². The Kier molecular flexibility index (Phi) is 3.81. The Morgan fingerprint density at radius 1 is 1.38 bits per heavy atom. The molecule has 2 aromatic rings. The average molecular weight is 326 g/mol. The number of nitrogens with zero attached hydrogens (tertiary/aromatic N) is 1. The maximum atomic E-state index is 11.9. The van der Waals surface area contributed by atoms with Crippen molar-refractivity contribution in [3.05, 3.63) is 47.4 Å². The number of carbonyl (C=O) groups is 1. The molecule has 0 spiro atoms. The molecule has 126 valence electrons. The number of H-pyrrole nitrogens is 1. The summed E-state index contributed by atoms with van der Waals surface area (Å²) in [6.07, 6.45) is 3.68. The molecule has 0 saturated carbocycles. The van der Waals surface area contributed by atoms with Gasteiger partial charge in [-0.3, -0.25) is 4.90 Å². The van der Waals surface area contributed by atoms with Crippen molar-refractivity contribution < 1.29 is 14.6 Å². The van der Waals surface area contributed by atoms with Gasteiger partial charge in [0, 0.05) is 23.1 Å². The van der Waals surface area contributed by atoms with Crippen LogP contribution in [0.5, 0.6) is 0 Å². The van der Waals surface area contributed by atoms with Gasteiger partial charge in [0.2, 0.25) is 0 Å². The number of hydrogen-bond donors (Lipinski definition) is 2. The van der Waals surface area contributed by atoms with Crippen LogP contribution in [-0.2, 0) is 16.0 Å². The summed E-state index contributed by atoms with van der Waals surface area (Å²) in [7, 11) is 1.36. The van der Waals surface area contributed by atoms with Crippen LogP contribution >= 0.6 is 0 Å². The van der Waals surface area contributed by atoms with Gasteiger partial charge in [-0.25, -0.2) is 4.79 Å². The van der Waals surface area contributed by atoms with Crippen LogP contribution in [0.3, 0.4) is 0 Å². The second-order valence-electron chi connectivity index (χ2n) is 6.66. The molecule has 2 N–H and O–H groups in total. The molecule has 4 rings (SSSR count). The van der Waals surface area contributed by atoms with Crippen LogP contribution in [-0.4, -0.2) is 41.2 Å². The van der Waals surface area contributed by atoms with E-state index in [0.29, 0.717) is 5.57 Å². The number of piperidine rings is 1. The third-order valence-corrected chi connectivity index (χ3v) is 5.54. The first-order chi connectivity index (χ1) is 11.7. The summed E-state index contributed by atoms with van der Waals surface area (Å²) in [5.74, 6) is -0.398. The number of methoxy groups -OCH3 is 1. The van der Waals surface area contributed by atoms with E-state index in [1.807, 2.05) is 0 Å². The minimum absolute atomic E-state index is 0.0288. The molecule has 2 aliphatic rings. The molecule has 2 unspecified atom stereocenters. The highest BCUT2D eigenvalue weighted by Gasteiger charge is 2.38. The van der Waals surface area contributed by atoms with E-state index in [1.165, 1.54) is 29.3 Å². The third-order valence-electron chi connectivity index (χ3n) is 5.54. The number of esters is 1. The molecule has 3 heterocycles. The zero-order valence-corrected chi connectivity index (χ0v) is 13.8. The van der Waals surface area contributed by atoms with Gasteiger partial charge in [0.25, 0.3) is 0 Å². The van der Waals surface area contributed by atoms with Gasteiger partial charge in [-0.05, 0) is 43.4 Å². The highest BCUT2D eigenvalue weighted by Crippen LogP contribution is 2.42. The highest BCUT2D eigenvalue weighted by atomic mass is 16.5. The summed E-state index contributed by atoms with van der Waals surface area (Å²) >= 11 is 0. The van der Waals surface area contributed by atoms with Gasteiger partial charge >= 0.3 is 5.97 Å². The molecule has 1 aromatic carbocycles. The number of aromatic amines is 1. The fourth-order valence-electron chi connectivity index (χ4n) is 4.34. The van der Waals surface area contributed by atoms with E-state index in [4.69, 9.17) is 4.74 Å². The number of carbonyl (C=O) groups excluding carboxylic acids is 1. The zero-order chi connectivity index (χ0) is 16.7. The minimum Gasteiger partial charge on any atom is -0.515 e. The lowest BCUT2D eigenvalue weighted by Crippen LogP contribution is -2.42. The summed E-state index contributed by atoms with van der Waals surface area (Å²) in [6.45, 7) is 1.97. The number of para-hydroxylation sites is 1. The molecule has 1 fully saturated rings. The van der Waals surface area contributed by atoms with Gasteiger partial charge in [-0.2, -0.15) is 0 Å². The molecule has 0 radical (unpaired) electrons. The molecule has 0 amide bonds. The number of fused-ring (bicyclic) bond motifs is 5. The van der Waals surface area contributed by atoms with E-state index in [1.54, 1.807) is 0 Å². The second-order valence-corrected chi connectivity index (χ2v) is 6.66. The van der Waals surface area contributed by atoms with Gasteiger partial charge in [-0.15, -0.1) is 0 Å². The number of rotatable bonds is 2. The van der Waals surface area contributed by atoms with E-state index in [2.05, 4.69) is 34.1 Å². The Bertz CT molecular complexity index is 808. The predicted octanol–water partition coefficient (Wildman–Crippen LogP) is 3.09. The number of aliphatic hydroxyl groups is 1. The summed E-state index contributed by atoms with van der Waals surface area (Å²) < 4.78 is 4.82. The number of ether oxygens (including phenoxy) is 1. The lowest BCUT2D eigenvalue weighted by Gasteiger charge is -2.42. The third kappa shape index (κ3) is 2.31. The van der Waals surface area contributed by atoms with Crippen LogP contribution in [0.1, 0.15) is 30.1 Å². The molecular formula is C19H22N2O3. The minimum atomic E-state index is -0.427. The Morgan fingerprint density at radius 3 is 3.00 bits per heavy atom. The Balaban J connectivity index is 1.69. The average Bonchev–Trinajstić information content (AvgIpc) is 3.01. The van der Waals surface area contributed by atoms with Gasteiger partial charge in [0.05, 0.1) is 25.0 Å². The van der Waals surface area contributed by atoms with Gasteiger partial charge in [-0.1, -0.05) is 18.2 Å². The molecule has 2 aliphatic heterocycles. The van der Waals surface area contributed by atoms with Crippen molar-refractivity contribution in [1.29, 1.82) is 0 Å². The first-order valence-electron chi connectivity index (χ1n) is 8.49. The van der Waals surface area contributed by atoms with E-state index < -0.39 is 5.97 Å². The number of aliphatic hydroxyl groups excluding tert-OH is 1. The number of hydrogen-bond acceptors (Lipinski definition) is 4. The maximum absolute atomic E-state index is 11.9. The van der Waals surface area contributed by atoms with Crippen molar-refractivity contribution in [1.82, 2.24) is 9.88 Å². The first-order valence-corrected chi connectivity index (χ1v) is 8.49. The second kappa shape index (κ2) is 5.98. The maximum Gasteiger partial charge on any atom is 0.337 e. The Labute approximate surface area is 140 Å². The van der Waals surface area contributed by atoms with Crippen molar-refractivity contribution in [2.24, 2.45) is 5.92 Å². The summed E-state index contributed by atoms with van der Waals surface area (Å²) in [4.78, 5) is 18.0. The van der Waals surface area contributed by atoms with E-state index in [9.17, 15) is 9.90 Å². The number of nitrogens with one attached hydrogen (secondary N) is 1. The Morgan fingerprint density at radius 2 is 2.21 bits per heavy atom. The van der Waals surface area contributed by atoms with Gasteiger partial charge in [0.1, 0.15) is 0 Å². The van der Waals surface area contributed by atoms with Gasteiger partial charge < -0.3 is 14.8 Å². The van der Waals surface area contributed by atoms with Crippen molar-refractivity contribution in [3.8, 4) is 0 Å². The zero-order valence-electron chi connectivity index (χ0n) is 13.8. The van der Waals surface area contributed by atoms with Crippen LogP contribution < -0.4 is 0 Å². The molecule has 24 heavy (non-hydrogen) atoms. The number of aromatic nitrogens is 1. The first kappa shape index (κ1) is 15.3. The molecule has 5 nitrogen and oxygen atoms in total. The fourth-order valence-corrected chi connectivity index (χ4v) is 4.34. The predicted molar refractivity (Wildman–Crippen MR) is 91.8 cm³/mol. The molecule has 1 saturated heterocycles. The summed E-state index contributed by atoms with van der Waals surface area (Å²) in [5.41, 5.74) is 4.24. The molecular weight excluding hydrogens is 304 g/mol. The number of benzene rings is 1. The monoisotopic (exact) mass is 326 g/mol. The standard InChI is InChI=1S/C19H22N2O3/c1-24-19(23)15(11-22)12-6-8-21-9-7-14-13-4-2-3-5-16(13)20-18(14)17(21)10-12/h2-5,11-12,17,20,22H,6-10H2,1H3/b15-11+. The van der Waals surface area contributed by atoms with Crippen LogP contribution in [0.4, 0.5) is 0 Å². The molecule has 0 bridgehead atoms. The van der Waals surface area contributed by atoms with E-state index in [0.717, 1.165) is 38.6 Å². The summed E-state index contributed by atoms with van der Waals surface area (Å²) in [5, 5.41) is 10.8. The van der Waals surface area contributed by atoms with E-state index in [-0.39, 0.29) is 12.0 Å². The lowest BCUT2D eigenvalue weighted by atomic mass is 9.81. The SMILES string of the molecule is COC(=O)/C(=C/O)C1CCN2CCc3c([nH]c4ccccc34)C2C1. The normalized spacial score (nSPS) is 24.5. The van der Waals surface area contributed by atoms with Crippen LogP contribution in [0.15, 0.2) is 36.1 Å². The van der Waals surface area contributed by atoms with Crippen LogP contribution in [0.25, 0.3) is 10.9 Å². The molecule has 0 aliphatic carbocycles. The molecule has 2 atom stereocenters. The molecule has 1 aromatic heterocycles. The topological polar surface area (TPSA) is 65.6 Å². The van der Waals surface area contributed by atoms with Crippen molar-refractivity contribution in [2.45, 2.75) is 25.3 Å². The largest absolute Gasteiger partial charge is 0.515 e. The van der Waals surface area contributed by atoms with Gasteiger partial charge in [0.15, 0.2) is 0 Å². The Hall–Kier alpha value is -2.27. The molecule has 5 heteroatoms. The van der Waals surface area contributed by atoms with Crippen molar-refractivity contribution in [3.63, 3.8) is 0 Å². The highest BCUT2D eigenvalue weighted by molar-refractivity contribution is 5.88. The lowest BCUT2D eigenvalue weighted by molar-refractivity contribution is -0.137.